The molecule has 0 unspecified atom stereocenters. The second kappa shape index (κ2) is 9.96. The van der Waals surface area contributed by atoms with Crippen molar-refractivity contribution in [2.75, 3.05) is 38.1 Å². The number of nitrogens with zero attached hydrogens (tertiary/aromatic N) is 2. The van der Waals surface area contributed by atoms with Crippen LogP contribution in [0.1, 0.15) is 42.1 Å². The second-order valence-corrected chi connectivity index (χ2v) is 8.23. The molecule has 0 bridgehead atoms. The molecule has 31 heavy (non-hydrogen) atoms. The third-order valence-electron chi connectivity index (χ3n) is 6.31. The van der Waals surface area contributed by atoms with Crippen LogP contribution in [0.5, 0.6) is 5.75 Å². The van der Waals surface area contributed by atoms with Crippen LogP contribution >= 0.6 is 0 Å². The number of amides is 2. The third-order valence-corrected chi connectivity index (χ3v) is 6.31. The van der Waals surface area contributed by atoms with E-state index in [4.69, 9.17) is 4.74 Å². The molecule has 2 aromatic carbocycles. The number of likely N-dealkylation sites (tertiary alicyclic amines) is 1. The van der Waals surface area contributed by atoms with Crippen molar-refractivity contribution in [3.05, 3.63) is 59.7 Å². The standard InChI is InChI=1S/C25H31N3O3/c1-2-27(16-17-31-22-6-4-3-5-7-22)21-12-14-28(15-13-21)25(30)20-8-10-23-19(18-20)9-11-24(29)26-23/h3-8,10,18,21H,2,9,11-17H2,1H3,(H,26,29). The van der Waals surface area contributed by atoms with E-state index in [1.807, 2.05) is 53.4 Å². The number of ether oxygens (including phenoxy) is 1. The summed E-state index contributed by atoms with van der Waals surface area (Å²) >= 11 is 0. The van der Waals surface area contributed by atoms with Crippen molar-refractivity contribution in [1.82, 2.24) is 9.80 Å². The van der Waals surface area contributed by atoms with Crippen molar-refractivity contribution < 1.29 is 14.3 Å². The lowest BCUT2D eigenvalue weighted by molar-refractivity contribution is -0.116. The Morgan fingerprint density at radius 3 is 2.65 bits per heavy atom. The highest BCUT2D eigenvalue weighted by Crippen LogP contribution is 2.25. The topological polar surface area (TPSA) is 61.9 Å². The molecule has 2 heterocycles. The lowest BCUT2D eigenvalue weighted by atomic mass is 9.98. The minimum Gasteiger partial charge on any atom is -0.492 e. The summed E-state index contributed by atoms with van der Waals surface area (Å²) in [5.41, 5.74) is 2.61. The summed E-state index contributed by atoms with van der Waals surface area (Å²) in [5, 5.41) is 2.88. The lowest BCUT2D eigenvalue weighted by Crippen LogP contribution is -2.47. The number of likely N-dealkylation sites (N-methyl/N-ethyl adjacent to an activating group) is 1. The molecule has 2 aliphatic heterocycles. The van der Waals surface area contributed by atoms with Gasteiger partial charge in [-0.25, -0.2) is 0 Å². The van der Waals surface area contributed by atoms with Crippen molar-refractivity contribution in [2.24, 2.45) is 0 Å². The number of anilines is 1. The molecule has 2 aliphatic rings. The van der Waals surface area contributed by atoms with E-state index in [1.54, 1.807) is 0 Å². The predicted molar refractivity (Wildman–Crippen MR) is 122 cm³/mol. The monoisotopic (exact) mass is 421 g/mol. The molecular weight excluding hydrogens is 390 g/mol. The number of carbonyl (C=O) groups is 2. The minimum absolute atomic E-state index is 0.0447. The molecule has 6 nitrogen and oxygen atoms in total. The second-order valence-electron chi connectivity index (χ2n) is 8.23. The number of aryl methyl sites for hydroxylation is 1. The number of benzene rings is 2. The van der Waals surface area contributed by atoms with Gasteiger partial charge in [-0.2, -0.15) is 0 Å². The summed E-state index contributed by atoms with van der Waals surface area (Å²) in [6.07, 6.45) is 3.13. The summed E-state index contributed by atoms with van der Waals surface area (Å²) in [5.74, 6) is 1.04. The number of rotatable bonds is 7. The lowest BCUT2D eigenvalue weighted by Gasteiger charge is -2.38. The van der Waals surface area contributed by atoms with Crippen molar-refractivity contribution in [3.63, 3.8) is 0 Å². The summed E-state index contributed by atoms with van der Waals surface area (Å²) in [6.45, 7) is 6.27. The number of fused-ring (bicyclic) bond motifs is 1. The fourth-order valence-corrected chi connectivity index (χ4v) is 4.53. The van der Waals surface area contributed by atoms with Crippen LogP contribution in [0.4, 0.5) is 5.69 Å². The van der Waals surface area contributed by atoms with Crippen LogP contribution in [-0.2, 0) is 11.2 Å². The highest BCUT2D eigenvalue weighted by Gasteiger charge is 2.27. The van der Waals surface area contributed by atoms with E-state index in [2.05, 4.69) is 17.1 Å². The molecule has 0 aliphatic carbocycles. The van der Waals surface area contributed by atoms with Gasteiger partial charge in [0.1, 0.15) is 12.4 Å². The molecule has 164 valence electrons. The van der Waals surface area contributed by atoms with E-state index in [0.717, 1.165) is 61.6 Å². The van der Waals surface area contributed by atoms with E-state index < -0.39 is 0 Å². The Hall–Kier alpha value is -2.86. The molecule has 1 saturated heterocycles. The SMILES string of the molecule is CCN(CCOc1ccccc1)C1CCN(C(=O)c2ccc3c(c2)CCC(=O)N3)CC1. The number of para-hydroxylation sites is 1. The average molecular weight is 422 g/mol. The van der Waals surface area contributed by atoms with Crippen molar-refractivity contribution in [3.8, 4) is 5.75 Å². The minimum atomic E-state index is 0.0447. The van der Waals surface area contributed by atoms with Crippen LogP contribution in [0.25, 0.3) is 0 Å². The first kappa shape index (κ1) is 21.4. The molecule has 0 radical (unpaired) electrons. The largest absolute Gasteiger partial charge is 0.492 e. The molecular formula is C25H31N3O3. The Labute approximate surface area is 184 Å². The number of carbonyl (C=O) groups excluding carboxylic acids is 2. The maximum absolute atomic E-state index is 13.0. The van der Waals surface area contributed by atoms with E-state index in [9.17, 15) is 9.59 Å². The summed E-state index contributed by atoms with van der Waals surface area (Å²) in [4.78, 5) is 29.0. The quantitative estimate of drug-likeness (QED) is 0.742. The first-order valence-electron chi connectivity index (χ1n) is 11.3. The van der Waals surface area contributed by atoms with Crippen LogP contribution in [0, 0.1) is 0 Å². The highest BCUT2D eigenvalue weighted by molar-refractivity contribution is 5.98. The Kier molecular flexibility index (Phi) is 6.87. The Morgan fingerprint density at radius 1 is 1.13 bits per heavy atom. The van der Waals surface area contributed by atoms with Crippen LogP contribution < -0.4 is 10.1 Å². The average Bonchev–Trinajstić information content (AvgIpc) is 2.82. The van der Waals surface area contributed by atoms with E-state index in [-0.39, 0.29) is 11.8 Å². The van der Waals surface area contributed by atoms with Gasteiger partial charge in [0.2, 0.25) is 5.91 Å². The highest BCUT2D eigenvalue weighted by atomic mass is 16.5. The molecule has 1 fully saturated rings. The van der Waals surface area contributed by atoms with Crippen LogP contribution in [0.3, 0.4) is 0 Å². The predicted octanol–water partition coefficient (Wildman–Crippen LogP) is 3.58. The Balaban J connectivity index is 1.28. The summed E-state index contributed by atoms with van der Waals surface area (Å²) < 4.78 is 5.87. The molecule has 0 saturated carbocycles. The smallest absolute Gasteiger partial charge is 0.253 e. The van der Waals surface area contributed by atoms with Crippen molar-refractivity contribution >= 4 is 17.5 Å². The number of nitrogens with one attached hydrogen (secondary N) is 1. The van der Waals surface area contributed by atoms with Gasteiger partial charge in [0, 0.05) is 43.3 Å². The van der Waals surface area contributed by atoms with Gasteiger partial charge >= 0.3 is 0 Å². The van der Waals surface area contributed by atoms with Crippen LogP contribution in [0.2, 0.25) is 0 Å². The zero-order valence-electron chi connectivity index (χ0n) is 18.2. The fraction of sp³-hybridized carbons (Fsp3) is 0.440. The van der Waals surface area contributed by atoms with Crippen LogP contribution in [-0.4, -0.2) is 60.4 Å². The van der Waals surface area contributed by atoms with Gasteiger partial charge in [-0.1, -0.05) is 25.1 Å². The van der Waals surface area contributed by atoms with E-state index >= 15 is 0 Å². The zero-order valence-corrected chi connectivity index (χ0v) is 18.2. The van der Waals surface area contributed by atoms with Gasteiger partial charge in [0.05, 0.1) is 0 Å². The molecule has 0 aromatic heterocycles. The van der Waals surface area contributed by atoms with Crippen molar-refractivity contribution in [1.29, 1.82) is 0 Å². The van der Waals surface area contributed by atoms with Crippen molar-refractivity contribution in [2.45, 2.75) is 38.6 Å². The molecule has 6 heteroatoms. The fourth-order valence-electron chi connectivity index (χ4n) is 4.53. The molecule has 4 rings (SSSR count). The first-order valence-corrected chi connectivity index (χ1v) is 11.3. The summed E-state index contributed by atoms with van der Waals surface area (Å²) in [7, 11) is 0. The zero-order chi connectivity index (χ0) is 21.6. The first-order chi connectivity index (χ1) is 15.1. The van der Waals surface area contributed by atoms with Crippen LogP contribution in [0.15, 0.2) is 48.5 Å². The number of hydrogen-bond donors (Lipinski definition) is 1. The Morgan fingerprint density at radius 2 is 1.90 bits per heavy atom. The summed E-state index contributed by atoms with van der Waals surface area (Å²) in [6, 6.07) is 16.0. The third kappa shape index (κ3) is 5.25. The van der Waals surface area contributed by atoms with Gasteiger partial charge in [-0.15, -0.1) is 0 Å². The van der Waals surface area contributed by atoms with Gasteiger partial charge in [-0.05, 0) is 61.7 Å². The molecule has 2 aromatic rings. The number of piperidine rings is 1. The van der Waals surface area contributed by atoms with Gasteiger partial charge < -0.3 is 15.0 Å². The molecule has 2 amide bonds. The molecule has 0 spiro atoms. The molecule has 1 N–H and O–H groups in total. The molecule has 0 atom stereocenters. The van der Waals surface area contributed by atoms with Gasteiger partial charge in [0.15, 0.2) is 0 Å². The van der Waals surface area contributed by atoms with E-state index in [1.165, 1.54) is 0 Å². The normalized spacial score (nSPS) is 16.7. The van der Waals surface area contributed by atoms with E-state index in [0.29, 0.717) is 25.5 Å². The van der Waals surface area contributed by atoms with Gasteiger partial charge in [-0.3, -0.25) is 14.5 Å². The Bertz CT molecular complexity index is 907. The number of hydrogen-bond acceptors (Lipinski definition) is 4. The maximum atomic E-state index is 13.0. The maximum Gasteiger partial charge on any atom is 0.253 e. The van der Waals surface area contributed by atoms with Gasteiger partial charge in [0.25, 0.3) is 5.91 Å².